The molecule has 0 bridgehead atoms. The molecule has 0 aliphatic heterocycles. The Hall–Kier alpha value is 0.0200. The lowest BCUT2D eigenvalue weighted by atomic mass is 10.2. The summed E-state index contributed by atoms with van der Waals surface area (Å²) in [5, 5.41) is 0. The number of rotatable bonds is 8. The highest BCUT2D eigenvalue weighted by atomic mass is 31.2. The third kappa shape index (κ3) is 9.70. The van der Waals surface area contributed by atoms with Gasteiger partial charge in [-0.05, 0) is 0 Å². The van der Waals surface area contributed by atoms with Crippen molar-refractivity contribution in [3.8, 4) is 0 Å². The summed E-state index contributed by atoms with van der Waals surface area (Å²) in [6, 6.07) is 0. The zero-order chi connectivity index (χ0) is 13.5. The maximum absolute atomic E-state index is 11.8. The van der Waals surface area contributed by atoms with E-state index in [2.05, 4.69) is 9.26 Å². The Morgan fingerprint density at radius 2 is 1.76 bits per heavy atom. The van der Waals surface area contributed by atoms with Crippen LogP contribution >= 0.6 is 7.94 Å². The summed E-state index contributed by atoms with van der Waals surface area (Å²) in [7, 11) is -1.05. The fourth-order valence-electron chi connectivity index (χ4n) is 1.14. The van der Waals surface area contributed by atoms with Gasteiger partial charge in [-0.15, -0.1) is 0 Å². The van der Waals surface area contributed by atoms with Gasteiger partial charge in [0.2, 0.25) is 0 Å². The van der Waals surface area contributed by atoms with E-state index in [4.69, 9.17) is 4.74 Å². The molecule has 0 heterocycles. The van der Waals surface area contributed by atoms with Crippen LogP contribution in [0.15, 0.2) is 0 Å². The van der Waals surface area contributed by atoms with Gasteiger partial charge in [0.1, 0.15) is 12.8 Å². The van der Waals surface area contributed by atoms with E-state index in [0.717, 1.165) is 7.11 Å². The van der Waals surface area contributed by atoms with Gasteiger partial charge in [0, 0.05) is 13.0 Å². The summed E-state index contributed by atoms with van der Waals surface area (Å²) in [5.74, 6) is -0.564. The van der Waals surface area contributed by atoms with Gasteiger partial charge < -0.3 is 9.47 Å². The Balaban J connectivity index is 4.07. The van der Waals surface area contributed by atoms with Gasteiger partial charge in [0.25, 0.3) is 0 Å². The predicted molar refractivity (Wildman–Crippen MR) is 55.5 cm³/mol. The van der Waals surface area contributed by atoms with Gasteiger partial charge >= 0.3 is 14.1 Å². The van der Waals surface area contributed by atoms with Crippen LogP contribution in [0.3, 0.4) is 0 Å². The van der Waals surface area contributed by atoms with Crippen molar-refractivity contribution in [2.45, 2.75) is 6.18 Å². The van der Waals surface area contributed by atoms with Crippen LogP contribution in [0.1, 0.15) is 0 Å². The Kier molecular flexibility index (Phi) is 7.46. The lowest BCUT2D eigenvalue weighted by Gasteiger charge is -2.18. The van der Waals surface area contributed by atoms with E-state index >= 15 is 0 Å². The molecule has 1 unspecified atom stereocenters. The summed E-state index contributed by atoms with van der Waals surface area (Å²) < 4.78 is 49.1. The van der Waals surface area contributed by atoms with Crippen molar-refractivity contribution in [3.63, 3.8) is 0 Å². The Labute approximate surface area is 98.1 Å². The summed E-state index contributed by atoms with van der Waals surface area (Å²) in [4.78, 5) is 18.6. The zero-order valence-corrected chi connectivity index (χ0v) is 10.5. The number of alkyl halides is 3. The molecule has 2 N–H and O–H groups in total. The Morgan fingerprint density at radius 1 is 1.18 bits per heavy atom. The van der Waals surface area contributed by atoms with Crippen molar-refractivity contribution in [2.24, 2.45) is 5.92 Å². The van der Waals surface area contributed by atoms with Crippen molar-refractivity contribution < 1.29 is 37.0 Å². The molecule has 0 rings (SSSR count). The highest BCUT2D eigenvalue weighted by molar-refractivity contribution is 7.59. The van der Waals surface area contributed by atoms with Crippen molar-refractivity contribution in [1.82, 2.24) is 0 Å². The van der Waals surface area contributed by atoms with Crippen LogP contribution in [0.5, 0.6) is 0 Å². The van der Waals surface area contributed by atoms with Gasteiger partial charge in [0.15, 0.2) is 0 Å². The van der Waals surface area contributed by atoms with E-state index in [-0.39, 0.29) is 19.4 Å². The first-order chi connectivity index (χ1) is 7.70. The monoisotopic (exact) mass is 281 g/mol. The number of hydrogen-bond acceptors (Lipinski definition) is 5. The molecular formula is C8H17F3O5P+. The molecule has 0 aliphatic rings. The first-order valence-electron chi connectivity index (χ1n) is 4.73. The van der Waals surface area contributed by atoms with Crippen LogP contribution < -0.4 is 0 Å². The van der Waals surface area contributed by atoms with E-state index < -0.39 is 26.6 Å². The van der Waals surface area contributed by atoms with Crippen LogP contribution in [-0.2, 0) is 14.0 Å². The lowest BCUT2D eigenvalue weighted by molar-refractivity contribution is -0.177. The number of halogens is 3. The van der Waals surface area contributed by atoms with Crippen LogP contribution in [0.25, 0.3) is 0 Å². The maximum Gasteiger partial charge on any atom is 0.411 e. The second-order valence-corrected chi connectivity index (χ2v) is 5.54. The molecule has 104 valence electrons. The van der Waals surface area contributed by atoms with E-state index in [1.807, 2.05) is 0 Å². The molecule has 0 radical (unpaired) electrons. The van der Waals surface area contributed by atoms with Crippen LogP contribution in [0, 0.1) is 5.92 Å². The highest BCUT2D eigenvalue weighted by Crippen LogP contribution is 2.51. The van der Waals surface area contributed by atoms with E-state index in [0.29, 0.717) is 0 Å². The molecule has 0 amide bonds. The van der Waals surface area contributed by atoms with Crippen LogP contribution in [-0.4, -0.2) is 56.2 Å². The third-order valence-electron chi connectivity index (χ3n) is 1.81. The second-order valence-electron chi connectivity index (χ2n) is 3.48. The minimum absolute atomic E-state index is 0.0596. The van der Waals surface area contributed by atoms with Crippen molar-refractivity contribution in [2.75, 3.05) is 40.2 Å². The minimum Gasteiger partial charge on any atom is -0.384 e. The minimum atomic E-state index is -4.40. The maximum atomic E-state index is 11.8. The summed E-state index contributed by atoms with van der Waals surface area (Å²) in [6.45, 7) is -1.59. The number of hydrogen-bond donors (Lipinski definition) is 2. The normalized spacial score (nSPS) is 15.0. The van der Waals surface area contributed by atoms with Crippen molar-refractivity contribution >= 4 is 7.94 Å². The van der Waals surface area contributed by atoms with Gasteiger partial charge in [-0.3, -0.25) is 0 Å². The quantitative estimate of drug-likeness (QED) is 0.655. The van der Waals surface area contributed by atoms with Crippen LogP contribution in [0.2, 0.25) is 0 Å². The molecule has 0 aromatic carbocycles. The second kappa shape index (κ2) is 7.45. The summed E-state index contributed by atoms with van der Waals surface area (Å²) in [5.41, 5.74) is 0. The standard InChI is InChI=1S/C8H17F3O5P/c1-14-3-7(5-17(12,13)15-2)4-16-6-8(9,10)11/h7,12-13H,3-6H2,1-2H3/q+1. The molecule has 0 saturated heterocycles. The molecule has 0 fully saturated rings. The summed E-state index contributed by atoms with van der Waals surface area (Å²) in [6.07, 6.45) is -4.60. The molecule has 5 nitrogen and oxygen atoms in total. The fourth-order valence-corrected chi connectivity index (χ4v) is 2.17. The van der Waals surface area contributed by atoms with E-state index in [1.165, 1.54) is 7.11 Å². The summed E-state index contributed by atoms with van der Waals surface area (Å²) >= 11 is 0. The lowest BCUT2D eigenvalue weighted by Crippen LogP contribution is -2.25. The molecule has 1 atom stereocenters. The largest absolute Gasteiger partial charge is 0.411 e. The first kappa shape index (κ1) is 17.0. The number of ether oxygens (including phenoxy) is 2. The Bertz CT molecular complexity index is 212. The van der Waals surface area contributed by atoms with Gasteiger partial charge in [-0.25, -0.2) is 0 Å². The first-order valence-corrected chi connectivity index (χ1v) is 6.52. The van der Waals surface area contributed by atoms with Crippen molar-refractivity contribution in [1.29, 1.82) is 0 Å². The SMILES string of the molecule is COCC(COCC(F)(F)F)C[P+](O)(O)OC. The van der Waals surface area contributed by atoms with E-state index in [1.54, 1.807) is 0 Å². The molecule has 9 heteroatoms. The molecule has 0 aromatic rings. The molecule has 0 spiro atoms. The average Bonchev–Trinajstić information content (AvgIpc) is 2.15. The van der Waals surface area contributed by atoms with E-state index in [9.17, 15) is 23.0 Å². The van der Waals surface area contributed by atoms with Crippen LogP contribution in [0.4, 0.5) is 13.2 Å². The predicted octanol–water partition coefficient (Wildman–Crippen LogP) is 1.22. The zero-order valence-electron chi connectivity index (χ0n) is 9.61. The molecule has 17 heavy (non-hydrogen) atoms. The Morgan fingerprint density at radius 3 is 2.18 bits per heavy atom. The fraction of sp³-hybridized carbons (Fsp3) is 1.00. The number of methoxy groups -OCH3 is 1. The molecule has 0 aromatic heterocycles. The third-order valence-corrected chi connectivity index (χ3v) is 3.39. The van der Waals surface area contributed by atoms with Crippen molar-refractivity contribution in [3.05, 3.63) is 0 Å². The van der Waals surface area contributed by atoms with Gasteiger partial charge in [-0.1, -0.05) is 0 Å². The molecule has 0 aliphatic carbocycles. The van der Waals surface area contributed by atoms with Gasteiger partial charge in [0.05, 0.1) is 20.3 Å². The topological polar surface area (TPSA) is 68.2 Å². The highest BCUT2D eigenvalue weighted by Gasteiger charge is 2.38. The van der Waals surface area contributed by atoms with Gasteiger partial charge in [-0.2, -0.15) is 27.5 Å². The average molecular weight is 281 g/mol. The molecular weight excluding hydrogens is 264 g/mol. The molecule has 0 saturated carbocycles. The smallest absolute Gasteiger partial charge is 0.384 e.